The number of aromatic nitrogens is 2. The molecule has 0 unspecified atom stereocenters. The minimum absolute atomic E-state index is 0.0131. The predicted octanol–water partition coefficient (Wildman–Crippen LogP) is 3.27. The van der Waals surface area contributed by atoms with Gasteiger partial charge in [-0.1, -0.05) is 54.1 Å². The van der Waals surface area contributed by atoms with Crippen LogP contribution in [0.4, 0.5) is 4.79 Å². The van der Waals surface area contributed by atoms with Gasteiger partial charge in [-0.25, -0.2) is 4.79 Å². The van der Waals surface area contributed by atoms with E-state index < -0.39 is 0 Å². The van der Waals surface area contributed by atoms with Gasteiger partial charge in [-0.3, -0.25) is 9.58 Å². The van der Waals surface area contributed by atoms with Gasteiger partial charge in [0.15, 0.2) is 0 Å². The van der Waals surface area contributed by atoms with Gasteiger partial charge in [0.05, 0.1) is 6.54 Å². The van der Waals surface area contributed by atoms with Gasteiger partial charge in [0.2, 0.25) is 0 Å². The zero-order valence-corrected chi connectivity index (χ0v) is 17.5. The Bertz CT molecular complexity index is 961. The Morgan fingerprint density at radius 2 is 1.77 bits per heavy atom. The number of carbonyl (C=O) groups is 1. The molecular formula is C24H29N5O. The molecule has 0 atom stereocenters. The van der Waals surface area contributed by atoms with Crippen LogP contribution in [-0.2, 0) is 19.6 Å². The first-order valence-corrected chi connectivity index (χ1v) is 10.5. The van der Waals surface area contributed by atoms with E-state index in [2.05, 4.69) is 58.6 Å². The number of piperazine rings is 1. The SMILES string of the molecule is Cc1cccc(CN2CCN(C(=O)NCc3ccccc3Cn3cccn3)CC2)c1. The molecule has 1 saturated heterocycles. The third-order valence-corrected chi connectivity index (χ3v) is 5.59. The minimum Gasteiger partial charge on any atom is -0.334 e. The summed E-state index contributed by atoms with van der Waals surface area (Å²) in [6, 6.07) is 18.8. The first kappa shape index (κ1) is 20.2. The van der Waals surface area contributed by atoms with Crippen molar-refractivity contribution in [2.24, 2.45) is 0 Å². The van der Waals surface area contributed by atoms with Gasteiger partial charge in [0.25, 0.3) is 0 Å². The minimum atomic E-state index is 0.0131. The number of hydrogen-bond acceptors (Lipinski definition) is 3. The van der Waals surface area contributed by atoms with Crippen LogP contribution in [0.15, 0.2) is 67.0 Å². The average molecular weight is 404 g/mol. The summed E-state index contributed by atoms with van der Waals surface area (Å²) in [6.45, 7) is 7.61. The number of aryl methyl sites for hydroxylation is 1. The van der Waals surface area contributed by atoms with E-state index >= 15 is 0 Å². The second-order valence-electron chi connectivity index (χ2n) is 7.88. The summed E-state index contributed by atoms with van der Waals surface area (Å²) in [4.78, 5) is 17.0. The van der Waals surface area contributed by atoms with Crippen molar-refractivity contribution in [2.45, 2.75) is 26.6 Å². The van der Waals surface area contributed by atoms with Crippen molar-refractivity contribution in [1.29, 1.82) is 0 Å². The van der Waals surface area contributed by atoms with Gasteiger partial charge in [-0.2, -0.15) is 5.10 Å². The van der Waals surface area contributed by atoms with Crippen molar-refractivity contribution in [1.82, 2.24) is 24.9 Å². The zero-order valence-electron chi connectivity index (χ0n) is 17.5. The Kier molecular flexibility index (Phi) is 6.44. The molecule has 156 valence electrons. The first-order valence-electron chi connectivity index (χ1n) is 10.5. The standard InChI is InChI=1S/C24H29N5O/c1-20-6-4-7-21(16-20)18-27-12-14-28(15-13-27)24(30)25-17-22-8-2-3-9-23(22)19-29-11-5-10-26-29/h2-11,16H,12-15,17-19H2,1H3,(H,25,30). The second kappa shape index (κ2) is 9.59. The van der Waals surface area contributed by atoms with E-state index in [1.54, 1.807) is 6.20 Å². The van der Waals surface area contributed by atoms with Crippen LogP contribution in [0.25, 0.3) is 0 Å². The maximum atomic E-state index is 12.7. The number of rotatable bonds is 6. The van der Waals surface area contributed by atoms with Crippen LogP contribution in [0.1, 0.15) is 22.3 Å². The van der Waals surface area contributed by atoms with E-state index in [-0.39, 0.29) is 6.03 Å². The van der Waals surface area contributed by atoms with Crippen LogP contribution in [0.5, 0.6) is 0 Å². The highest BCUT2D eigenvalue weighted by molar-refractivity contribution is 5.74. The van der Waals surface area contributed by atoms with E-state index in [1.165, 1.54) is 16.7 Å². The van der Waals surface area contributed by atoms with E-state index in [4.69, 9.17) is 0 Å². The summed E-state index contributed by atoms with van der Waals surface area (Å²) < 4.78 is 1.90. The average Bonchev–Trinajstić information content (AvgIpc) is 3.27. The Hall–Kier alpha value is -3.12. The highest BCUT2D eigenvalue weighted by Crippen LogP contribution is 2.12. The summed E-state index contributed by atoms with van der Waals surface area (Å²) in [5.41, 5.74) is 4.92. The van der Waals surface area contributed by atoms with Crippen LogP contribution in [0, 0.1) is 6.92 Å². The van der Waals surface area contributed by atoms with Crippen molar-refractivity contribution in [3.63, 3.8) is 0 Å². The molecule has 6 nitrogen and oxygen atoms in total. The lowest BCUT2D eigenvalue weighted by atomic mass is 10.1. The largest absolute Gasteiger partial charge is 0.334 e. The van der Waals surface area contributed by atoms with E-state index in [1.807, 2.05) is 34.0 Å². The molecule has 0 saturated carbocycles. The lowest BCUT2D eigenvalue weighted by molar-refractivity contribution is 0.135. The highest BCUT2D eigenvalue weighted by atomic mass is 16.2. The topological polar surface area (TPSA) is 53.4 Å². The Morgan fingerprint density at radius 3 is 2.50 bits per heavy atom. The summed E-state index contributed by atoms with van der Waals surface area (Å²) in [7, 11) is 0. The van der Waals surface area contributed by atoms with Gasteiger partial charge < -0.3 is 10.2 Å². The van der Waals surface area contributed by atoms with Crippen molar-refractivity contribution in [3.8, 4) is 0 Å². The lowest BCUT2D eigenvalue weighted by Crippen LogP contribution is -2.51. The smallest absolute Gasteiger partial charge is 0.317 e. The Balaban J connectivity index is 1.26. The fourth-order valence-electron chi connectivity index (χ4n) is 3.91. The van der Waals surface area contributed by atoms with Gasteiger partial charge >= 0.3 is 6.03 Å². The third-order valence-electron chi connectivity index (χ3n) is 5.59. The zero-order chi connectivity index (χ0) is 20.8. The number of carbonyl (C=O) groups excluding carboxylic acids is 1. The first-order chi connectivity index (χ1) is 14.7. The van der Waals surface area contributed by atoms with Gasteiger partial charge in [-0.05, 0) is 29.7 Å². The van der Waals surface area contributed by atoms with E-state index in [9.17, 15) is 4.79 Å². The predicted molar refractivity (Wildman–Crippen MR) is 118 cm³/mol. The monoisotopic (exact) mass is 403 g/mol. The summed E-state index contributed by atoms with van der Waals surface area (Å²) in [5, 5.41) is 7.38. The second-order valence-corrected chi connectivity index (χ2v) is 7.88. The number of amides is 2. The van der Waals surface area contributed by atoms with Crippen LogP contribution in [0.2, 0.25) is 0 Å². The van der Waals surface area contributed by atoms with Crippen LogP contribution < -0.4 is 5.32 Å². The molecule has 2 aromatic carbocycles. The van der Waals surface area contributed by atoms with E-state index in [0.717, 1.165) is 38.3 Å². The Morgan fingerprint density at radius 1 is 0.967 bits per heavy atom. The lowest BCUT2D eigenvalue weighted by Gasteiger charge is -2.34. The normalized spacial score (nSPS) is 14.6. The highest BCUT2D eigenvalue weighted by Gasteiger charge is 2.21. The molecule has 0 bridgehead atoms. The molecule has 2 heterocycles. The van der Waals surface area contributed by atoms with Crippen molar-refractivity contribution in [2.75, 3.05) is 26.2 Å². The molecule has 0 radical (unpaired) electrons. The summed E-state index contributed by atoms with van der Waals surface area (Å²) in [5.74, 6) is 0. The quantitative estimate of drug-likeness (QED) is 0.687. The fraction of sp³-hybridized carbons (Fsp3) is 0.333. The summed E-state index contributed by atoms with van der Waals surface area (Å²) >= 11 is 0. The molecule has 1 fully saturated rings. The molecule has 30 heavy (non-hydrogen) atoms. The number of nitrogens with one attached hydrogen (secondary N) is 1. The van der Waals surface area contributed by atoms with Crippen molar-refractivity contribution in [3.05, 3.63) is 89.2 Å². The van der Waals surface area contributed by atoms with Crippen LogP contribution in [-0.4, -0.2) is 51.8 Å². The summed E-state index contributed by atoms with van der Waals surface area (Å²) in [6.07, 6.45) is 3.73. The molecule has 1 aromatic heterocycles. The maximum Gasteiger partial charge on any atom is 0.317 e. The molecule has 0 aliphatic carbocycles. The van der Waals surface area contributed by atoms with Crippen LogP contribution in [0.3, 0.4) is 0 Å². The number of nitrogens with zero attached hydrogens (tertiary/aromatic N) is 4. The molecule has 0 spiro atoms. The van der Waals surface area contributed by atoms with Gasteiger partial charge in [0, 0.05) is 51.7 Å². The number of hydrogen-bond donors (Lipinski definition) is 1. The fourth-order valence-corrected chi connectivity index (χ4v) is 3.91. The van der Waals surface area contributed by atoms with Crippen LogP contribution >= 0.6 is 0 Å². The molecule has 3 aromatic rings. The van der Waals surface area contributed by atoms with Gasteiger partial charge in [0.1, 0.15) is 0 Å². The molecular weight excluding hydrogens is 374 g/mol. The van der Waals surface area contributed by atoms with E-state index in [0.29, 0.717) is 13.1 Å². The molecule has 6 heteroatoms. The number of urea groups is 1. The molecule has 2 amide bonds. The molecule has 1 aliphatic rings. The Labute approximate surface area is 178 Å². The van der Waals surface area contributed by atoms with Crippen molar-refractivity contribution >= 4 is 6.03 Å². The van der Waals surface area contributed by atoms with Gasteiger partial charge in [-0.15, -0.1) is 0 Å². The number of benzene rings is 2. The molecule has 1 N–H and O–H groups in total. The third kappa shape index (κ3) is 5.27. The van der Waals surface area contributed by atoms with Crippen molar-refractivity contribution < 1.29 is 4.79 Å². The maximum absolute atomic E-state index is 12.7. The molecule has 4 rings (SSSR count). The molecule has 1 aliphatic heterocycles.